The molecule has 4 rings (SSSR count). The van der Waals surface area contributed by atoms with Crippen LogP contribution in [0.2, 0.25) is 0 Å². The summed E-state index contributed by atoms with van der Waals surface area (Å²) in [6, 6.07) is 6.44. The summed E-state index contributed by atoms with van der Waals surface area (Å²) in [5, 5.41) is 1.15. The van der Waals surface area contributed by atoms with Gasteiger partial charge in [0.25, 0.3) is 0 Å². The first-order valence-corrected chi connectivity index (χ1v) is 8.27. The zero-order valence-electron chi connectivity index (χ0n) is 12.4. The molecule has 1 atom stereocenters. The Hall–Kier alpha value is -2.14. The van der Waals surface area contributed by atoms with Crippen molar-refractivity contribution in [3.05, 3.63) is 63.6 Å². The second-order valence-electron chi connectivity index (χ2n) is 5.56. The number of H-pyrrole nitrogens is 1. The highest BCUT2D eigenvalue weighted by atomic mass is 32.1. The van der Waals surface area contributed by atoms with Crippen molar-refractivity contribution in [2.24, 2.45) is 0 Å². The van der Waals surface area contributed by atoms with Crippen molar-refractivity contribution < 1.29 is 4.74 Å². The lowest BCUT2D eigenvalue weighted by atomic mass is 9.91. The molecule has 0 bridgehead atoms. The lowest BCUT2D eigenvalue weighted by Crippen LogP contribution is -2.07. The van der Waals surface area contributed by atoms with E-state index in [1.165, 1.54) is 16.0 Å². The van der Waals surface area contributed by atoms with Gasteiger partial charge in [-0.15, -0.1) is 11.3 Å². The van der Waals surface area contributed by atoms with Crippen LogP contribution < -0.4 is 4.74 Å². The van der Waals surface area contributed by atoms with E-state index in [0.29, 0.717) is 0 Å². The van der Waals surface area contributed by atoms with Crippen LogP contribution in [-0.2, 0) is 12.8 Å². The molecular formula is C17H17N3OS. The van der Waals surface area contributed by atoms with E-state index in [0.717, 1.165) is 35.9 Å². The van der Waals surface area contributed by atoms with Gasteiger partial charge in [-0.05, 0) is 12.5 Å². The first kappa shape index (κ1) is 13.5. The van der Waals surface area contributed by atoms with Crippen LogP contribution in [0, 0.1) is 6.92 Å². The van der Waals surface area contributed by atoms with Crippen molar-refractivity contribution in [1.29, 1.82) is 0 Å². The Bertz CT molecular complexity index is 779. The average Bonchev–Trinajstić information content (AvgIpc) is 3.26. The fraction of sp³-hybridized carbons (Fsp3) is 0.294. The maximum absolute atomic E-state index is 5.90. The number of nitrogens with one attached hydrogen (secondary N) is 1. The van der Waals surface area contributed by atoms with E-state index in [1.54, 1.807) is 17.7 Å². The van der Waals surface area contributed by atoms with Crippen molar-refractivity contribution in [1.82, 2.24) is 15.0 Å². The van der Waals surface area contributed by atoms with E-state index in [1.807, 2.05) is 12.4 Å². The quantitative estimate of drug-likeness (QED) is 0.802. The molecule has 0 aliphatic carbocycles. The molecule has 112 valence electrons. The number of para-hydroxylation sites is 1. The van der Waals surface area contributed by atoms with E-state index < -0.39 is 0 Å². The predicted octanol–water partition coefficient (Wildman–Crippen LogP) is 3.48. The molecular weight excluding hydrogens is 294 g/mol. The van der Waals surface area contributed by atoms with Gasteiger partial charge < -0.3 is 9.72 Å². The summed E-state index contributed by atoms with van der Waals surface area (Å²) < 4.78 is 5.90. The number of rotatable bonds is 4. The zero-order valence-corrected chi connectivity index (χ0v) is 13.2. The van der Waals surface area contributed by atoms with Gasteiger partial charge in [0, 0.05) is 47.3 Å². The van der Waals surface area contributed by atoms with Gasteiger partial charge >= 0.3 is 0 Å². The van der Waals surface area contributed by atoms with Gasteiger partial charge in [-0.3, -0.25) is 0 Å². The molecule has 0 fully saturated rings. The van der Waals surface area contributed by atoms with Gasteiger partial charge in [0.05, 0.1) is 17.9 Å². The standard InChI is InChI=1S/C17H17N3OS/c1-11-8-19-16(22-11)7-14(15-9-18-10-20-15)13-4-2-3-12-5-6-21-17(12)13/h2-4,8-10,14H,5-7H2,1H3,(H,18,20). The Labute approximate surface area is 133 Å². The molecule has 0 radical (unpaired) electrons. The van der Waals surface area contributed by atoms with Gasteiger partial charge in [0.1, 0.15) is 5.75 Å². The monoisotopic (exact) mass is 311 g/mol. The number of aromatic nitrogens is 3. The SMILES string of the molecule is Cc1cnc(CC(c2cnc[nH]2)c2cccc3c2OCC3)s1. The Morgan fingerprint density at radius 2 is 2.32 bits per heavy atom. The largest absolute Gasteiger partial charge is 0.493 e. The van der Waals surface area contributed by atoms with Crippen LogP contribution in [0.1, 0.15) is 32.6 Å². The summed E-state index contributed by atoms with van der Waals surface area (Å²) in [6.07, 6.45) is 7.44. The molecule has 1 aliphatic rings. The number of fused-ring (bicyclic) bond motifs is 1. The number of imidazole rings is 1. The molecule has 1 unspecified atom stereocenters. The molecule has 0 saturated heterocycles. The van der Waals surface area contributed by atoms with Crippen LogP contribution in [0.3, 0.4) is 0 Å². The second-order valence-corrected chi connectivity index (χ2v) is 6.88. The minimum atomic E-state index is 0.195. The van der Waals surface area contributed by atoms with Crippen LogP contribution in [-0.4, -0.2) is 21.6 Å². The molecule has 3 aromatic rings. The molecule has 0 saturated carbocycles. The van der Waals surface area contributed by atoms with Crippen molar-refractivity contribution in [3.63, 3.8) is 0 Å². The van der Waals surface area contributed by atoms with Gasteiger partial charge in [0.2, 0.25) is 0 Å². The average molecular weight is 311 g/mol. The maximum atomic E-state index is 5.90. The third kappa shape index (κ3) is 2.41. The minimum Gasteiger partial charge on any atom is -0.493 e. The van der Waals surface area contributed by atoms with E-state index in [2.05, 4.69) is 40.1 Å². The minimum absolute atomic E-state index is 0.195. The summed E-state index contributed by atoms with van der Waals surface area (Å²) in [6.45, 7) is 2.87. The van der Waals surface area contributed by atoms with Crippen LogP contribution in [0.15, 0.2) is 36.9 Å². The molecule has 2 aromatic heterocycles. The fourth-order valence-corrected chi connectivity index (χ4v) is 3.86. The van der Waals surface area contributed by atoms with Gasteiger partial charge in [-0.25, -0.2) is 9.97 Å². The summed E-state index contributed by atoms with van der Waals surface area (Å²) in [4.78, 5) is 13.2. The molecule has 1 aliphatic heterocycles. The number of benzene rings is 1. The fourth-order valence-electron chi connectivity index (χ4n) is 3.03. The number of hydrogen-bond donors (Lipinski definition) is 1. The number of hydrogen-bond acceptors (Lipinski definition) is 4. The summed E-state index contributed by atoms with van der Waals surface area (Å²) in [5.41, 5.74) is 3.64. The molecule has 1 aromatic carbocycles. The van der Waals surface area contributed by atoms with Crippen molar-refractivity contribution in [3.8, 4) is 5.75 Å². The zero-order chi connectivity index (χ0) is 14.9. The van der Waals surface area contributed by atoms with E-state index >= 15 is 0 Å². The summed E-state index contributed by atoms with van der Waals surface area (Å²) in [5.74, 6) is 1.25. The second kappa shape index (κ2) is 5.57. The lowest BCUT2D eigenvalue weighted by molar-refractivity contribution is 0.352. The van der Waals surface area contributed by atoms with Gasteiger partial charge in [-0.1, -0.05) is 18.2 Å². The normalized spacial score (nSPS) is 14.6. The molecule has 4 nitrogen and oxygen atoms in total. The smallest absolute Gasteiger partial charge is 0.126 e. The molecule has 1 N–H and O–H groups in total. The number of ether oxygens (including phenoxy) is 1. The van der Waals surface area contributed by atoms with Gasteiger partial charge in [-0.2, -0.15) is 0 Å². The van der Waals surface area contributed by atoms with Crippen molar-refractivity contribution in [2.75, 3.05) is 6.61 Å². The Balaban J connectivity index is 1.76. The first-order valence-electron chi connectivity index (χ1n) is 7.45. The highest BCUT2D eigenvalue weighted by molar-refractivity contribution is 7.11. The van der Waals surface area contributed by atoms with Gasteiger partial charge in [0.15, 0.2) is 0 Å². The lowest BCUT2D eigenvalue weighted by Gasteiger charge is -2.17. The summed E-state index contributed by atoms with van der Waals surface area (Å²) >= 11 is 1.76. The Morgan fingerprint density at radius 3 is 3.09 bits per heavy atom. The summed E-state index contributed by atoms with van der Waals surface area (Å²) in [7, 11) is 0. The van der Waals surface area contributed by atoms with Crippen molar-refractivity contribution in [2.45, 2.75) is 25.7 Å². The van der Waals surface area contributed by atoms with Crippen LogP contribution >= 0.6 is 11.3 Å². The number of aromatic amines is 1. The van der Waals surface area contributed by atoms with Crippen LogP contribution in [0.5, 0.6) is 5.75 Å². The molecule has 22 heavy (non-hydrogen) atoms. The first-order chi connectivity index (χ1) is 10.8. The van der Waals surface area contributed by atoms with E-state index in [9.17, 15) is 0 Å². The molecule has 0 spiro atoms. The van der Waals surface area contributed by atoms with Crippen molar-refractivity contribution >= 4 is 11.3 Å². The highest BCUT2D eigenvalue weighted by Crippen LogP contribution is 2.38. The third-order valence-corrected chi connectivity index (χ3v) is 5.00. The van der Waals surface area contributed by atoms with Crippen LogP contribution in [0.25, 0.3) is 0 Å². The number of nitrogens with zero attached hydrogens (tertiary/aromatic N) is 2. The topological polar surface area (TPSA) is 50.8 Å². The number of aryl methyl sites for hydroxylation is 1. The van der Waals surface area contributed by atoms with Crippen LogP contribution in [0.4, 0.5) is 0 Å². The molecule has 5 heteroatoms. The third-order valence-electron chi connectivity index (χ3n) is 4.06. The van der Waals surface area contributed by atoms with E-state index in [4.69, 9.17) is 4.74 Å². The Kier molecular flexibility index (Phi) is 3.42. The predicted molar refractivity (Wildman–Crippen MR) is 86.6 cm³/mol. The highest BCUT2D eigenvalue weighted by Gasteiger charge is 2.25. The Morgan fingerprint density at radius 1 is 1.36 bits per heavy atom. The maximum Gasteiger partial charge on any atom is 0.126 e. The number of thiazole rings is 1. The van der Waals surface area contributed by atoms with E-state index in [-0.39, 0.29) is 5.92 Å². The molecule has 3 heterocycles. The molecule has 0 amide bonds.